The molecule has 14 nitrogen and oxygen atoms in total. The molecule has 6 aromatic carbocycles. The van der Waals surface area contributed by atoms with Crippen LogP contribution in [0.5, 0.6) is 0 Å². The lowest BCUT2D eigenvalue weighted by Crippen LogP contribution is -2.32. The number of hydrogen-bond donors (Lipinski definition) is 2. The van der Waals surface area contributed by atoms with E-state index in [9.17, 15) is 53.3 Å². The van der Waals surface area contributed by atoms with Crippen molar-refractivity contribution in [1.82, 2.24) is 0 Å². The number of carbonyl (C=O) groups is 4. The smallest absolute Gasteiger partial charge is 0.345 e. The molecular weight excluding hydrogens is 953 g/mol. The number of benzene rings is 6. The first-order valence-corrected chi connectivity index (χ1v) is 23.4. The molecule has 3 N–H and O–H groups in total. The number of non-ortho nitro benzene ring substituents is 2. The summed E-state index contributed by atoms with van der Waals surface area (Å²) in [6.45, 7) is 0.771. The number of carbonyl (C=O) groups excluding carboxylic acids is 3. The number of nitrogens with zero attached hydrogens (tertiary/aromatic N) is 4. The second kappa shape index (κ2) is 21.3. The number of Topliss-reactive ketones (excluding diaryl/α,β-unsaturated/α-hetero) is 1. The Balaban J connectivity index is 0.000000167. The zero-order valence-electron chi connectivity index (χ0n) is 37.2. The van der Waals surface area contributed by atoms with Gasteiger partial charge in [0.05, 0.1) is 31.8 Å². The number of aromatic carboxylic acids is 1. The third kappa shape index (κ3) is 10.8. The van der Waals surface area contributed by atoms with Gasteiger partial charge in [-0.25, -0.2) is 13.6 Å². The first-order valence-electron chi connectivity index (χ1n) is 21.7. The molecule has 0 aliphatic carbocycles. The van der Waals surface area contributed by atoms with Crippen molar-refractivity contribution in [2.75, 3.05) is 28.6 Å². The van der Waals surface area contributed by atoms with Crippen molar-refractivity contribution in [2.45, 2.75) is 19.3 Å². The molecule has 0 fully saturated rings. The van der Waals surface area contributed by atoms with Crippen LogP contribution in [0, 0.1) is 31.9 Å². The maximum absolute atomic E-state index is 14.0. The third-order valence-corrected chi connectivity index (χ3v) is 14.0. The van der Waals surface area contributed by atoms with Crippen molar-refractivity contribution in [3.05, 3.63) is 227 Å². The van der Waals surface area contributed by atoms with Crippen LogP contribution in [-0.2, 0) is 19.3 Å². The Kier molecular flexibility index (Phi) is 14.6. The molecule has 356 valence electrons. The van der Waals surface area contributed by atoms with E-state index in [1.54, 1.807) is 46.2 Å². The SMILES string of the molecule is Nc1ccccc1F.O=C(Cc1ccccc1F)c1cc2c(s1)-c1ccccc1N(C(=O)c1ccc([N+](=O)[O-])cc1)CC2.O=C(O)c1cc2c(s1)-c1ccccc1N(C(=O)c1ccc([N+](=O)[O-])cc1)CC2. The molecule has 2 aliphatic rings. The minimum atomic E-state index is -0.964. The summed E-state index contributed by atoms with van der Waals surface area (Å²) in [6.07, 6.45) is 1.04. The maximum Gasteiger partial charge on any atom is 0.345 e. The standard InChI is InChI=1S/C27H19FN2O4S.C20H14N2O5S.C6H6FN/c28-22-7-3-1-5-18(22)15-24(31)25-16-19-13-14-29(23-8-4-2-6-21(23)26(19)35-25)27(32)17-9-11-20(12-10-17)30(33)34;23-19(12-5-7-14(8-6-12)22(26)27)21-10-9-13-11-17(20(24)25)28-18(13)15-3-1-2-4-16(15)21;7-5-3-1-2-4-6(5)8/h1-12,16H,13-15H2;1-8,11H,9-10H2,(H,24,25);1-4H,8H2. The lowest BCUT2D eigenvalue weighted by Gasteiger charge is -2.23. The molecule has 0 atom stereocenters. The van der Waals surface area contributed by atoms with Crippen LogP contribution >= 0.6 is 22.7 Å². The second-order valence-electron chi connectivity index (χ2n) is 16.0. The molecule has 8 aromatic rings. The van der Waals surface area contributed by atoms with Crippen LogP contribution in [0.15, 0.2) is 158 Å². The Morgan fingerprint density at radius 1 is 0.577 bits per heavy atom. The molecule has 2 aliphatic heterocycles. The fraction of sp³-hybridized carbons (Fsp3) is 0.0943. The van der Waals surface area contributed by atoms with Crippen LogP contribution in [-0.4, -0.2) is 51.6 Å². The summed E-state index contributed by atoms with van der Waals surface area (Å²) in [5.74, 6) is -2.37. The van der Waals surface area contributed by atoms with E-state index in [1.807, 2.05) is 54.6 Å². The largest absolute Gasteiger partial charge is 0.477 e. The first kappa shape index (κ1) is 48.7. The number of nitrogens with two attached hydrogens (primary N) is 1. The molecule has 2 amide bonds. The number of nitrogen functional groups attached to an aromatic ring is 1. The van der Waals surface area contributed by atoms with Crippen LogP contribution in [0.3, 0.4) is 0 Å². The summed E-state index contributed by atoms with van der Waals surface area (Å²) in [5, 5.41) is 31.1. The number of amides is 2. The quantitative estimate of drug-likeness (QED) is 0.0637. The zero-order valence-corrected chi connectivity index (χ0v) is 38.8. The van der Waals surface area contributed by atoms with Gasteiger partial charge in [0.1, 0.15) is 16.5 Å². The minimum absolute atomic E-state index is 0.0154. The number of thiophene rings is 2. The summed E-state index contributed by atoms with van der Waals surface area (Å²) >= 11 is 2.56. The number of para-hydroxylation sites is 3. The molecule has 18 heteroatoms. The number of anilines is 3. The summed E-state index contributed by atoms with van der Waals surface area (Å²) in [6, 6.07) is 41.9. The minimum Gasteiger partial charge on any atom is -0.477 e. The molecule has 71 heavy (non-hydrogen) atoms. The van der Waals surface area contributed by atoms with Gasteiger partial charge >= 0.3 is 5.97 Å². The van der Waals surface area contributed by atoms with Crippen molar-refractivity contribution in [3.8, 4) is 20.9 Å². The molecule has 0 saturated heterocycles. The van der Waals surface area contributed by atoms with E-state index < -0.39 is 21.6 Å². The summed E-state index contributed by atoms with van der Waals surface area (Å²) < 4.78 is 26.2. The molecule has 0 spiro atoms. The second-order valence-corrected chi connectivity index (χ2v) is 18.1. The van der Waals surface area contributed by atoms with E-state index in [4.69, 9.17) is 5.73 Å². The molecular formula is C53H39F2N5O9S2. The number of fused-ring (bicyclic) bond motifs is 6. The van der Waals surface area contributed by atoms with Crippen molar-refractivity contribution in [3.63, 3.8) is 0 Å². The summed E-state index contributed by atoms with van der Waals surface area (Å²) in [5.41, 5.74) is 11.2. The van der Waals surface area contributed by atoms with Gasteiger partial charge in [-0.2, -0.15) is 0 Å². The molecule has 0 radical (unpaired) electrons. The number of hydrogen-bond acceptors (Lipinski definition) is 11. The van der Waals surface area contributed by atoms with Crippen molar-refractivity contribution >= 4 is 74.7 Å². The van der Waals surface area contributed by atoms with E-state index in [-0.39, 0.29) is 51.8 Å². The highest BCUT2D eigenvalue weighted by molar-refractivity contribution is 7.18. The van der Waals surface area contributed by atoms with E-state index in [1.165, 1.54) is 89.4 Å². The predicted molar refractivity (Wildman–Crippen MR) is 269 cm³/mol. The van der Waals surface area contributed by atoms with Gasteiger partial charge in [0, 0.05) is 75.8 Å². The molecule has 0 saturated carbocycles. The van der Waals surface area contributed by atoms with Gasteiger partial charge in [-0.3, -0.25) is 34.6 Å². The van der Waals surface area contributed by atoms with E-state index in [0.29, 0.717) is 58.9 Å². The zero-order chi connectivity index (χ0) is 50.3. The highest BCUT2D eigenvalue weighted by atomic mass is 32.1. The molecule has 2 aromatic heterocycles. The number of carboxylic acid groups (broad SMARTS) is 1. The fourth-order valence-electron chi connectivity index (χ4n) is 8.00. The van der Waals surface area contributed by atoms with Crippen LogP contribution in [0.4, 0.5) is 37.2 Å². The maximum atomic E-state index is 14.0. The van der Waals surface area contributed by atoms with Gasteiger partial charge < -0.3 is 20.6 Å². The average molecular weight is 992 g/mol. The van der Waals surface area contributed by atoms with Gasteiger partial charge in [-0.1, -0.05) is 66.7 Å². The number of nitro benzene ring substituents is 2. The predicted octanol–water partition coefficient (Wildman–Crippen LogP) is 11.7. The third-order valence-electron chi connectivity index (χ3n) is 11.5. The van der Waals surface area contributed by atoms with Gasteiger partial charge in [0.2, 0.25) is 0 Å². The number of ketones is 1. The Bertz CT molecular complexity index is 3340. The lowest BCUT2D eigenvalue weighted by molar-refractivity contribution is -0.385. The number of halogens is 2. The Morgan fingerprint density at radius 2 is 1.00 bits per heavy atom. The fourth-order valence-corrected chi connectivity index (χ4v) is 10.3. The van der Waals surface area contributed by atoms with E-state index in [0.717, 1.165) is 32.0 Å². The Morgan fingerprint density at radius 3 is 1.44 bits per heavy atom. The molecule has 0 bridgehead atoms. The molecule has 0 unspecified atom stereocenters. The number of rotatable bonds is 8. The summed E-state index contributed by atoms with van der Waals surface area (Å²) in [7, 11) is 0. The Labute approximate surface area is 411 Å². The normalized spacial score (nSPS) is 12.1. The topological polar surface area (TPSA) is 207 Å². The van der Waals surface area contributed by atoms with Crippen LogP contribution < -0.4 is 15.5 Å². The highest BCUT2D eigenvalue weighted by Crippen LogP contribution is 2.43. The highest BCUT2D eigenvalue weighted by Gasteiger charge is 2.30. The average Bonchev–Trinajstić information content (AvgIpc) is 3.94. The van der Waals surface area contributed by atoms with Gasteiger partial charge in [-0.05, 0) is 96.3 Å². The molecule has 10 rings (SSSR count). The molecule has 4 heterocycles. The number of carboxylic acids is 1. The van der Waals surface area contributed by atoms with E-state index >= 15 is 0 Å². The number of nitro groups is 2. The van der Waals surface area contributed by atoms with Gasteiger partial charge in [-0.15, -0.1) is 22.7 Å². The van der Waals surface area contributed by atoms with Crippen molar-refractivity contribution in [2.24, 2.45) is 0 Å². The monoisotopic (exact) mass is 991 g/mol. The van der Waals surface area contributed by atoms with Gasteiger partial charge in [0.25, 0.3) is 23.2 Å². The van der Waals surface area contributed by atoms with Gasteiger partial charge in [0.15, 0.2) is 5.78 Å². The Hall–Kier alpha value is -8.74. The van der Waals surface area contributed by atoms with Crippen LogP contribution in [0.1, 0.15) is 56.7 Å². The van der Waals surface area contributed by atoms with Crippen molar-refractivity contribution in [1.29, 1.82) is 0 Å². The van der Waals surface area contributed by atoms with Crippen molar-refractivity contribution < 1.29 is 42.9 Å². The summed E-state index contributed by atoms with van der Waals surface area (Å²) in [4.78, 5) is 77.4. The van der Waals surface area contributed by atoms with Crippen LogP contribution in [0.2, 0.25) is 0 Å². The first-order chi connectivity index (χ1) is 34.2. The lowest BCUT2D eigenvalue weighted by atomic mass is 10.0. The van der Waals surface area contributed by atoms with Crippen LogP contribution in [0.25, 0.3) is 20.9 Å². The van der Waals surface area contributed by atoms with E-state index in [2.05, 4.69) is 0 Å².